The highest BCUT2D eigenvalue weighted by atomic mass is 35.5. The molecule has 9 nitrogen and oxygen atoms in total. The molecule has 1 fully saturated rings. The Hall–Kier alpha value is -3.68. The Bertz CT molecular complexity index is 1510. The summed E-state index contributed by atoms with van der Waals surface area (Å²) in [4.78, 5) is 40.5. The summed E-state index contributed by atoms with van der Waals surface area (Å²) in [5.74, 6) is -3.27. The summed E-state index contributed by atoms with van der Waals surface area (Å²) in [5, 5.41) is 12.1. The van der Waals surface area contributed by atoms with Crippen LogP contribution in [-0.2, 0) is 14.3 Å². The van der Waals surface area contributed by atoms with Crippen molar-refractivity contribution in [3.63, 3.8) is 0 Å². The Balaban J connectivity index is 1.71. The molecule has 4 rings (SSSR count). The smallest absolute Gasteiger partial charge is 0.422 e. The molecule has 1 aliphatic carbocycles. The minimum Gasteiger partial charge on any atom is -0.483 e. The molecule has 4 N–H and O–H groups in total. The van der Waals surface area contributed by atoms with E-state index >= 15 is 0 Å². The van der Waals surface area contributed by atoms with E-state index in [0.717, 1.165) is 25.0 Å². The van der Waals surface area contributed by atoms with Gasteiger partial charge in [0.1, 0.15) is 23.2 Å². The van der Waals surface area contributed by atoms with Gasteiger partial charge in [-0.3, -0.25) is 14.4 Å². The van der Waals surface area contributed by atoms with Gasteiger partial charge in [-0.1, -0.05) is 18.0 Å². The molecular formula is C32H36ClF4N3O6. The van der Waals surface area contributed by atoms with Crippen LogP contribution in [0.1, 0.15) is 61.4 Å². The molecule has 1 heterocycles. The van der Waals surface area contributed by atoms with Crippen molar-refractivity contribution in [2.45, 2.75) is 63.3 Å². The number of ether oxygens (including phenoxy) is 2. The lowest BCUT2D eigenvalue weighted by Gasteiger charge is -2.43. The highest BCUT2D eigenvalue weighted by Crippen LogP contribution is 2.54. The monoisotopic (exact) mass is 669 g/mol. The van der Waals surface area contributed by atoms with Crippen LogP contribution in [0.25, 0.3) is 5.57 Å². The van der Waals surface area contributed by atoms with Gasteiger partial charge in [-0.15, -0.1) is 0 Å². The van der Waals surface area contributed by atoms with Crippen LogP contribution in [0.5, 0.6) is 5.75 Å². The second-order valence-electron chi connectivity index (χ2n) is 12.0. The van der Waals surface area contributed by atoms with Gasteiger partial charge in [0.05, 0.1) is 12.1 Å². The first-order chi connectivity index (χ1) is 21.6. The number of nitrogens with two attached hydrogens (primary N) is 1. The lowest BCUT2D eigenvalue weighted by molar-refractivity contribution is -0.153. The van der Waals surface area contributed by atoms with Gasteiger partial charge in [0.15, 0.2) is 6.61 Å². The molecule has 3 amide bonds. The number of halogens is 5. The van der Waals surface area contributed by atoms with Crippen LogP contribution in [0.2, 0.25) is 5.02 Å². The molecule has 1 saturated carbocycles. The number of amides is 3. The fraction of sp³-hybridized carbons (Fsp3) is 0.469. The number of alkyl halides is 3. The first-order valence-corrected chi connectivity index (χ1v) is 15.1. The molecule has 0 spiro atoms. The van der Waals surface area contributed by atoms with Crippen molar-refractivity contribution in [1.29, 1.82) is 0 Å². The highest BCUT2D eigenvalue weighted by Gasteiger charge is 2.49. The van der Waals surface area contributed by atoms with E-state index in [0.29, 0.717) is 19.3 Å². The van der Waals surface area contributed by atoms with Crippen LogP contribution in [0.15, 0.2) is 42.5 Å². The van der Waals surface area contributed by atoms with Crippen molar-refractivity contribution < 1.29 is 46.5 Å². The fourth-order valence-corrected chi connectivity index (χ4v) is 5.94. The fourth-order valence-electron chi connectivity index (χ4n) is 5.76. The zero-order valence-electron chi connectivity index (χ0n) is 25.4. The Labute approximate surface area is 268 Å². The van der Waals surface area contributed by atoms with Crippen LogP contribution >= 0.6 is 11.6 Å². The molecule has 2 aromatic rings. The summed E-state index contributed by atoms with van der Waals surface area (Å²) in [6.07, 6.45) is 0.465. The van der Waals surface area contributed by atoms with Gasteiger partial charge in [0.2, 0.25) is 11.8 Å². The van der Waals surface area contributed by atoms with Crippen molar-refractivity contribution in [3.8, 4) is 5.75 Å². The number of hydrogen-bond donors (Lipinski definition) is 3. The van der Waals surface area contributed by atoms with Crippen molar-refractivity contribution in [3.05, 3.63) is 64.4 Å². The molecular weight excluding hydrogens is 634 g/mol. The van der Waals surface area contributed by atoms with E-state index < -0.39 is 48.0 Å². The minimum atomic E-state index is -4.62. The number of nitrogens with zero attached hydrogens (tertiary/aromatic N) is 1. The van der Waals surface area contributed by atoms with E-state index in [1.807, 2.05) is 0 Å². The SMILES string of the molecule is COC1(C)CN(C(CC2(CCCCO)CC2)C(=O)Nc2ccc(C(N)=O)c(F)c2)C(=O)C=C1c1cc(Cl)ccc1OCC(F)(F)F. The molecule has 2 aliphatic rings. The number of methoxy groups -OCH3 is 1. The van der Waals surface area contributed by atoms with Gasteiger partial charge >= 0.3 is 6.18 Å². The van der Waals surface area contributed by atoms with E-state index in [1.54, 1.807) is 6.92 Å². The predicted molar refractivity (Wildman–Crippen MR) is 163 cm³/mol. The standard InChI is InChI=1S/C32H36ClF4N3O6/c1-30(45-2)17-40(27(42)15-23(30)22-13-19(33)5-8-26(22)46-18-32(35,36)37)25(16-31(10-11-31)9-3-4-12-41)29(44)39-20-6-7-21(28(38)43)24(34)14-20/h5-8,13-15,25,41H,3-4,9-12,16-18H2,1-2H3,(H2,38,43)(H,39,44). The van der Waals surface area contributed by atoms with Gasteiger partial charge in [-0.05, 0) is 80.8 Å². The summed E-state index contributed by atoms with van der Waals surface area (Å²) < 4.78 is 64.5. The van der Waals surface area contributed by atoms with Gasteiger partial charge in [0.25, 0.3) is 5.91 Å². The Morgan fingerprint density at radius 2 is 1.89 bits per heavy atom. The second kappa shape index (κ2) is 14.0. The van der Waals surface area contributed by atoms with E-state index in [4.69, 9.17) is 26.8 Å². The lowest BCUT2D eigenvalue weighted by Crippen LogP contribution is -2.56. The Morgan fingerprint density at radius 3 is 2.48 bits per heavy atom. The number of carbonyl (C=O) groups is 3. The van der Waals surface area contributed by atoms with Gasteiger partial charge in [-0.25, -0.2) is 4.39 Å². The van der Waals surface area contributed by atoms with Gasteiger partial charge < -0.3 is 30.5 Å². The summed E-state index contributed by atoms with van der Waals surface area (Å²) in [6, 6.07) is 6.39. The van der Waals surface area contributed by atoms with E-state index in [9.17, 15) is 37.1 Å². The number of rotatable bonds is 14. The third kappa shape index (κ3) is 8.37. The normalized spacial score (nSPS) is 19.8. The first kappa shape index (κ1) is 35.2. The van der Waals surface area contributed by atoms with E-state index in [-0.39, 0.29) is 58.1 Å². The molecule has 0 saturated heterocycles. The summed E-state index contributed by atoms with van der Waals surface area (Å²) in [7, 11) is 1.37. The second-order valence-corrected chi connectivity index (χ2v) is 12.4. The first-order valence-electron chi connectivity index (χ1n) is 14.7. The van der Waals surface area contributed by atoms with Crippen molar-refractivity contribution in [1.82, 2.24) is 4.90 Å². The summed E-state index contributed by atoms with van der Waals surface area (Å²) in [6.45, 7) is -0.0807. The number of aliphatic hydroxyl groups is 1. The van der Waals surface area contributed by atoms with Crippen molar-refractivity contribution in [2.24, 2.45) is 11.1 Å². The van der Waals surface area contributed by atoms with Crippen LogP contribution in [0.4, 0.5) is 23.2 Å². The zero-order valence-corrected chi connectivity index (χ0v) is 26.1. The largest absolute Gasteiger partial charge is 0.483 e. The van der Waals surface area contributed by atoms with Crippen molar-refractivity contribution in [2.75, 3.05) is 32.2 Å². The maximum Gasteiger partial charge on any atom is 0.422 e. The number of benzene rings is 2. The minimum absolute atomic E-state index is 0.0232. The third-order valence-electron chi connectivity index (χ3n) is 8.55. The lowest BCUT2D eigenvalue weighted by atomic mass is 9.83. The molecule has 0 aromatic heterocycles. The maximum absolute atomic E-state index is 14.5. The summed E-state index contributed by atoms with van der Waals surface area (Å²) >= 11 is 6.20. The van der Waals surface area contributed by atoms with E-state index in [1.165, 1.54) is 42.4 Å². The molecule has 250 valence electrons. The average molecular weight is 670 g/mol. The van der Waals surface area contributed by atoms with Crippen LogP contribution in [0, 0.1) is 11.2 Å². The summed E-state index contributed by atoms with van der Waals surface area (Å²) in [5.41, 5.74) is 3.63. The Morgan fingerprint density at radius 1 is 1.17 bits per heavy atom. The molecule has 46 heavy (non-hydrogen) atoms. The van der Waals surface area contributed by atoms with Crippen LogP contribution < -0.4 is 15.8 Å². The molecule has 0 bridgehead atoms. The number of unbranched alkanes of at least 4 members (excludes halogenated alkanes) is 1. The molecule has 0 radical (unpaired) electrons. The van der Waals surface area contributed by atoms with E-state index in [2.05, 4.69) is 5.32 Å². The van der Waals surface area contributed by atoms with Crippen LogP contribution in [0.3, 0.4) is 0 Å². The number of hydrogen-bond acceptors (Lipinski definition) is 6. The molecule has 2 unspecified atom stereocenters. The predicted octanol–water partition coefficient (Wildman–Crippen LogP) is 5.49. The number of nitrogens with one attached hydrogen (secondary N) is 1. The average Bonchev–Trinajstić information content (AvgIpc) is 3.75. The van der Waals surface area contributed by atoms with Crippen LogP contribution in [-0.4, -0.2) is 72.4 Å². The van der Waals surface area contributed by atoms with Gasteiger partial charge in [-0.2, -0.15) is 13.2 Å². The number of aliphatic hydroxyl groups excluding tert-OH is 1. The van der Waals surface area contributed by atoms with Crippen molar-refractivity contribution >= 4 is 40.6 Å². The number of anilines is 1. The third-order valence-corrected chi connectivity index (χ3v) is 8.78. The number of primary amides is 1. The molecule has 2 aromatic carbocycles. The Kier molecular flexibility index (Phi) is 10.7. The molecule has 14 heteroatoms. The number of carbonyl (C=O) groups excluding carboxylic acids is 3. The highest BCUT2D eigenvalue weighted by molar-refractivity contribution is 6.30. The van der Waals surface area contributed by atoms with Gasteiger partial charge in [0, 0.05) is 41.6 Å². The zero-order chi connectivity index (χ0) is 33.9. The quantitative estimate of drug-likeness (QED) is 0.180. The molecule has 2 atom stereocenters. The maximum atomic E-state index is 14.5. The topological polar surface area (TPSA) is 131 Å². The molecule has 1 aliphatic heterocycles.